The number of fused-ring (bicyclic) bond motifs is 1. The van der Waals surface area contributed by atoms with Gasteiger partial charge in [-0.1, -0.05) is 24.1 Å². The lowest BCUT2D eigenvalue weighted by molar-refractivity contribution is 0.102. The number of rotatable bonds is 6. The summed E-state index contributed by atoms with van der Waals surface area (Å²) in [6.45, 7) is 0. The van der Waals surface area contributed by atoms with E-state index < -0.39 is 0 Å². The van der Waals surface area contributed by atoms with E-state index in [-0.39, 0.29) is 11.9 Å². The van der Waals surface area contributed by atoms with Crippen LogP contribution >= 0.6 is 11.9 Å². The highest BCUT2D eigenvalue weighted by molar-refractivity contribution is 7.96. The van der Waals surface area contributed by atoms with Crippen LogP contribution in [-0.4, -0.2) is 29.2 Å². The van der Waals surface area contributed by atoms with Gasteiger partial charge in [0.15, 0.2) is 0 Å². The SMILES string of the molecule is CSN.N#Cc1ccc2nccc(Nc3cccc(C(=O)Nc4cccc(NC5CC(N)C5)c4)c3)c2c1. The third-order valence-electron chi connectivity index (χ3n) is 5.94. The van der Waals surface area contributed by atoms with Crippen LogP contribution in [0, 0.1) is 11.3 Å². The van der Waals surface area contributed by atoms with Crippen molar-refractivity contribution in [1.29, 1.82) is 5.26 Å². The van der Waals surface area contributed by atoms with E-state index in [2.05, 4.69) is 27.0 Å². The molecule has 3 aromatic carbocycles. The molecule has 1 aliphatic carbocycles. The summed E-state index contributed by atoms with van der Waals surface area (Å²) in [5, 5.41) is 24.6. The zero-order valence-corrected chi connectivity index (χ0v) is 21.3. The Bertz CT molecular complexity index is 1430. The summed E-state index contributed by atoms with van der Waals surface area (Å²) < 4.78 is 0. The van der Waals surface area contributed by atoms with Crippen LogP contribution in [0.5, 0.6) is 0 Å². The second-order valence-electron chi connectivity index (χ2n) is 8.75. The Morgan fingerprint density at radius 1 is 1.03 bits per heavy atom. The highest BCUT2D eigenvalue weighted by Crippen LogP contribution is 2.27. The van der Waals surface area contributed by atoms with Crippen LogP contribution < -0.4 is 26.8 Å². The van der Waals surface area contributed by atoms with Crippen molar-refractivity contribution in [2.45, 2.75) is 24.9 Å². The van der Waals surface area contributed by atoms with E-state index in [1.165, 1.54) is 11.9 Å². The lowest BCUT2D eigenvalue weighted by Gasteiger charge is -2.33. The lowest BCUT2D eigenvalue weighted by atomic mass is 9.87. The Hall–Kier alpha value is -4.10. The van der Waals surface area contributed by atoms with Gasteiger partial charge < -0.3 is 21.7 Å². The number of nitrogens with one attached hydrogen (secondary N) is 3. The monoisotopic (exact) mass is 511 g/mol. The third-order valence-corrected chi connectivity index (χ3v) is 5.94. The molecule has 9 heteroatoms. The van der Waals surface area contributed by atoms with Crippen LogP contribution in [0.3, 0.4) is 0 Å². The van der Waals surface area contributed by atoms with Gasteiger partial charge in [0, 0.05) is 52.0 Å². The first-order chi connectivity index (χ1) is 18.0. The summed E-state index contributed by atoms with van der Waals surface area (Å²) in [5.41, 5.74) is 11.0. The molecular formula is C28H29N7OS. The molecule has 0 bridgehead atoms. The van der Waals surface area contributed by atoms with Gasteiger partial charge in [-0.3, -0.25) is 14.9 Å². The number of nitrogens with zero attached hydrogens (tertiary/aromatic N) is 2. The standard InChI is InChI=1S/C27H24N6O.CH5NS/c28-16-17-7-8-25-24(11-17)26(9-10-30-25)32-20-4-1-3-18(12-20)27(34)33-22-6-2-5-21(15-22)31-23-13-19(29)14-23;1-3-2/h1-12,15,19,23,31H,13-14,29H2,(H,30,32)(H,33,34);2H2,1H3. The minimum atomic E-state index is -0.196. The van der Waals surface area contributed by atoms with Crippen LogP contribution in [0.4, 0.5) is 22.7 Å². The summed E-state index contributed by atoms with van der Waals surface area (Å²) >= 11 is 1.25. The molecule has 1 amide bonds. The number of aromatic nitrogens is 1. The molecule has 0 radical (unpaired) electrons. The maximum absolute atomic E-state index is 12.9. The molecule has 4 aromatic rings. The van der Waals surface area contributed by atoms with E-state index in [9.17, 15) is 10.1 Å². The Kier molecular flexibility index (Phi) is 8.59. The van der Waals surface area contributed by atoms with Crippen molar-refractivity contribution in [2.24, 2.45) is 10.9 Å². The first-order valence-electron chi connectivity index (χ1n) is 11.8. The van der Waals surface area contributed by atoms with Crippen molar-refractivity contribution in [3.05, 3.63) is 90.1 Å². The van der Waals surface area contributed by atoms with Gasteiger partial charge in [-0.25, -0.2) is 0 Å². The average molecular weight is 512 g/mol. The molecule has 0 aliphatic heterocycles. The number of benzene rings is 3. The second kappa shape index (κ2) is 12.2. The fourth-order valence-electron chi connectivity index (χ4n) is 4.12. The van der Waals surface area contributed by atoms with Gasteiger partial charge in [-0.2, -0.15) is 5.26 Å². The number of hydrogen-bond acceptors (Lipinski definition) is 8. The molecule has 37 heavy (non-hydrogen) atoms. The number of nitriles is 1. The van der Waals surface area contributed by atoms with E-state index in [4.69, 9.17) is 10.9 Å². The molecule has 0 atom stereocenters. The van der Waals surface area contributed by atoms with Crippen LogP contribution in [0.1, 0.15) is 28.8 Å². The molecule has 1 aliphatic rings. The van der Waals surface area contributed by atoms with E-state index in [0.717, 1.165) is 46.5 Å². The smallest absolute Gasteiger partial charge is 0.255 e. The van der Waals surface area contributed by atoms with Crippen molar-refractivity contribution in [3.63, 3.8) is 0 Å². The zero-order chi connectivity index (χ0) is 26.2. The third kappa shape index (κ3) is 6.77. The van der Waals surface area contributed by atoms with Crippen LogP contribution in [-0.2, 0) is 0 Å². The van der Waals surface area contributed by atoms with Crippen molar-refractivity contribution < 1.29 is 4.79 Å². The number of carbonyl (C=O) groups excluding carboxylic acids is 1. The lowest BCUT2D eigenvalue weighted by Crippen LogP contribution is -2.44. The molecule has 1 heterocycles. The topological polar surface area (TPSA) is 142 Å². The van der Waals surface area contributed by atoms with Gasteiger partial charge in [0.05, 0.1) is 17.1 Å². The second-order valence-corrected chi connectivity index (χ2v) is 9.22. The highest BCUT2D eigenvalue weighted by atomic mass is 32.2. The van der Waals surface area contributed by atoms with Gasteiger partial charge in [-0.15, -0.1) is 0 Å². The number of anilines is 4. The summed E-state index contributed by atoms with van der Waals surface area (Å²) in [4.78, 5) is 17.3. The number of pyridine rings is 1. The number of carbonyl (C=O) groups is 1. The first-order valence-corrected chi connectivity index (χ1v) is 13.1. The predicted octanol–water partition coefficient (Wildman–Crippen LogP) is 5.23. The van der Waals surface area contributed by atoms with E-state index in [0.29, 0.717) is 17.2 Å². The molecule has 1 aromatic heterocycles. The molecule has 8 nitrogen and oxygen atoms in total. The maximum atomic E-state index is 12.9. The summed E-state index contributed by atoms with van der Waals surface area (Å²) in [5.74, 6) is -0.196. The van der Waals surface area contributed by atoms with Crippen molar-refractivity contribution in [3.8, 4) is 6.07 Å². The van der Waals surface area contributed by atoms with Crippen molar-refractivity contribution >= 4 is 51.5 Å². The molecular weight excluding hydrogens is 482 g/mol. The molecule has 1 saturated carbocycles. The van der Waals surface area contributed by atoms with Gasteiger partial charge >= 0.3 is 0 Å². The number of nitrogens with two attached hydrogens (primary N) is 2. The van der Waals surface area contributed by atoms with Gasteiger partial charge in [0.1, 0.15) is 0 Å². The normalized spacial score (nSPS) is 15.9. The Balaban J connectivity index is 0.00000102. The van der Waals surface area contributed by atoms with Crippen molar-refractivity contribution in [2.75, 3.05) is 22.2 Å². The molecule has 188 valence electrons. The highest BCUT2D eigenvalue weighted by Gasteiger charge is 2.25. The van der Waals surface area contributed by atoms with Gasteiger partial charge in [0.2, 0.25) is 0 Å². The average Bonchev–Trinajstić information content (AvgIpc) is 2.88. The minimum absolute atomic E-state index is 0.196. The molecule has 7 N–H and O–H groups in total. The van der Waals surface area contributed by atoms with Gasteiger partial charge in [-0.05, 0) is 79.8 Å². The first kappa shape index (κ1) is 26.0. The molecule has 0 saturated heterocycles. The molecule has 0 spiro atoms. The molecule has 1 fully saturated rings. The minimum Gasteiger partial charge on any atom is -0.382 e. The summed E-state index contributed by atoms with van der Waals surface area (Å²) in [6, 6.07) is 25.1. The Morgan fingerprint density at radius 3 is 2.51 bits per heavy atom. The van der Waals surface area contributed by atoms with Crippen molar-refractivity contribution in [1.82, 2.24) is 4.98 Å². The van der Waals surface area contributed by atoms with Crippen LogP contribution in [0.15, 0.2) is 79.0 Å². The summed E-state index contributed by atoms with van der Waals surface area (Å²) in [7, 11) is 0. The number of hydrogen-bond donors (Lipinski definition) is 5. The fraction of sp³-hybridized carbons (Fsp3) is 0.179. The Labute approximate surface area is 220 Å². The van der Waals surface area contributed by atoms with Crippen LogP contribution in [0.25, 0.3) is 10.9 Å². The van der Waals surface area contributed by atoms with E-state index in [1.54, 1.807) is 30.5 Å². The van der Waals surface area contributed by atoms with E-state index >= 15 is 0 Å². The zero-order valence-electron chi connectivity index (χ0n) is 20.4. The predicted molar refractivity (Wildman–Crippen MR) is 153 cm³/mol. The molecule has 5 rings (SSSR count). The number of amides is 1. The van der Waals surface area contributed by atoms with Crippen LogP contribution in [0.2, 0.25) is 0 Å². The fourth-order valence-corrected chi connectivity index (χ4v) is 4.12. The largest absolute Gasteiger partial charge is 0.382 e. The van der Waals surface area contributed by atoms with Gasteiger partial charge in [0.25, 0.3) is 5.91 Å². The summed E-state index contributed by atoms with van der Waals surface area (Å²) in [6.07, 6.45) is 5.45. The quantitative estimate of drug-likeness (QED) is 0.222. The van der Waals surface area contributed by atoms with E-state index in [1.807, 2.05) is 54.8 Å². The maximum Gasteiger partial charge on any atom is 0.255 e. The molecule has 0 unspecified atom stereocenters. The Morgan fingerprint density at radius 2 is 1.76 bits per heavy atom.